The summed E-state index contributed by atoms with van der Waals surface area (Å²) in [6.45, 7) is 2.40. The molecule has 0 spiro atoms. The minimum absolute atomic E-state index is 0.227. The summed E-state index contributed by atoms with van der Waals surface area (Å²) in [6.07, 6.45) is 3.63. The van der Waals surface area contributed by atoms with Gasteiger partial charge in [-0.15, -0.1) is 0 Å². The summed E-state index contributed by atoms with van der Waals surface area (Å²) in [5, 5.41) is 2.43. The molecule has 10 heteroatoms. The van der Waals surface area contributed by atoms with Gasteiger partial charge in [0.15, 0.2) is 17.0 Å². The highest BCUT2D eigenvalue weighted by atomic mass is 35.5. The lowest BCUT2D eigenvalue weighted by Gasteiger charge is -2.26. The van der Waals surface area contributed by atoms with Crippen molar-refractivity contribution in [1.82, 2.24) is 29.5 Å². The molecule has 0 radical (unpaired) electrons. The number of hydroxylamine groups is 1. The number of aryl methyl sites for hydroxylation is 1. The van der Waals surface area contributed by atoms with Crippen LogP contribution < -0.4 is 10.6 Å². The van der Waals surface area contributed by atoms with Crippen LogP contribution in [0.25, 0.3) is 27.8 Å². The lowest BCUT2D eigenvalue weighted by atomic mass is 10.1. The molecule has 1 saturated heterocycles. The van der Waals surface area contributed by atoms with Gasteiger partial charge in [-0.05, 0) is 30.7 Å². The highest BCUT2D eigenvalue weighted by molar-refractivity contribution is 6.35. The summed E-state index contributed by atoms with van der Waals surface area (Å²) < 4.78 is 1.64. The van der Waals surface area contributed by atoms with Crippen molar-refractivity contribution in [1.29, 1.82) is 0 Å². The fourth-order valence-corrected chi connectivity index (χ4v) is 4.55. The van der Waals surface area contributed by atoms with Crippen LogP contribution in [0.4, 0.5) is 5.82 Å². The van der Waals surface area contributed by atoms with Gasteiger partial charge >= 0.3 is 0 Å². The minimum Gasteiger partial charge on any atom is -0.329 e. The number of aromatic nitrogens is 6. The van der Waals surface area contributed by atoms with Crippen LogP contribution >= 0.6 is 11.6 Å². The van der Waals surface area contributed by atoms with E-state index in [1.807, 2.05) is 31.2 Å². The summed E-state index contributed by atoms with van der Waals surface area (Å²) in [7, 11) is 0. The normalized spacial score (nSPS) is 16.2. The first-order valence-corrected chi connectivity index (χ1v) is 10.8. The number of rotatable bonds is 3. The number of H-pyrrole nitrogens is 1. The van der Waals surface area contributed by atoms with Gasteiger partial charge < -0.3 is 4.98 Å². The first kappa shape index (κ1) is 19.8. The van der Waals surface area contributed by atoms with Crippen LogP contribution in [0.3, 0.4) is 0 Å². The molecule has 1 aliphatic heterocycles. The fraction of sp³-hybridized carbons (Fsp3) is 0.174. The monoisotopic (exact) mass is 459 g/mol. The summed E-state index contributed by atoms with van der Waals surface area (Å²) >= 11 is 6.43. The molecule has 33 heavy (non-hydrogen) atoms. The molecular weight excluding hydrogens is 442 g/mol. The van der Waals surface area contributed by atoms with E-state index in [0.29, 0.717) is 51.8 Å². The Morgan fingerprint density at radius 3 is 2.88 bits per heavy atom. The van der Waals surface area contributed by atoms with Crippen molar-refractivity contribution in [3.63, 3.8) is 0 Å². The highest BCUT2D eigenvalue weighted by Gasteiger charge is 2.35. The van der Waals surface area contributed by atoms with E-state index >= 15 is 0 Å². The lowest BCUT2D eigenvalue weighted by molar-refractivity contribution is 0.156. The summed E-state index contributed by atoms with van der Waals surface area (Å²) in [6, 6.07) is 12.6. The quantitative estimate of drug-likeness (QED) is 0.436. The maximum atomic E-state index is 13.8. The smallest absolute Gasteiger partial charge is 0.267 e. The van der Waals surface area contributed by atoms with Crippen LogP contribution in [0, 0.1) is 6.92 Å². The summed E-state index contributed by atoms with van der Waals surface area (Å²) in [5.74, 6) is 1.06. The zero-order valence-electron chi connectivity index (χ0n) is 17.6. The van der Waals surface area contributed by atoms with E-state index in [-0.39, 0.29) is 11.6 Å². The predicted molar refractivity (Wildman–Crippen MR) is 125 cm³/mol. The number of halogens is 1. The molecule has 1 N–H and O–H groups in total. The molecule has 1 fully saturated rings. The van der Waals surface area contributed by atoms with E-state index in [0.717, 1.165) is 11.3 Å². The van der Waals surface area contributed by atoms with Crippen LogP contribution in [0.1, 0.15) is 23.9 Å². The molecule has 0 unspecified atom stereocenters. The Morgan fingerprint density at radius 1 is 1.12 bits per heavy atom. The van der Waals surface area contributed by atoms with Crippen molar-refractivity contribution in [2.45, 2.75) is 19.4 Å². The minimum atomic E-state index is -0.379. The first-order chi connectivity index (χ1) is 16.1. The Kier molecular flexibility index (Phi) is 4.60. The van der Waals surface area contributed by atoms with Crippen molar-refractivity contribution in [2.24, 2.45) is 0 Å². The molecule has 2 aromatic carbocycles. The Balaban J connectivity index is 1.63. The highest BCUT2D eigenvalue weighted by Crippen LogP contribution is 2.36. The molecule has 4 heterocycles. The average molecular weight is 460 g/mol. The number of benzene rings is 2. The Bertz CT molecular complexity index is 1580. The Morgan fingerprint density at radius 2 is 2.00 bits per heavy atom. The third kappa shape index (κ3) is 3.08. The summed E-state index contributed by atoms with van der Waals surface area (Å²) in [5.41, 5.74) is 3.17. The Labute approximate surface area is 192 Å². The van der Waals surface area contributed by atoms with Gasteiger partial charge in [-0.1, -0.05) is 35.9 Å². The van der Waals surface area contributed by atoms with Crippen molar-refractivity contribution < 1.29 is 4.84 Å². The van der Waals surface area contributed by atoms with Crippen LogP contribution in [0.15, 0.2) is 59.9 Å². The number of para-hydroxylation sites is 1. The van der Waals surface area contributed by atoms with Crippen molar-refractivity contribution in [3.05, 3.63) is 81.9 Å². The number of hydrogen-bond acceptors (Lipinski definition) is 7. The molecular formula is C23H18ClN7O2. The maximum absolute atomic E-state index is 13.8. The third-order valence-electron chi connectivity index (χ3n) is 5.84. The molecule has 0 amide bonds. The number of nitrogens with zero attached hydrogens (tertiary/aromatic N) is 6. The fourth-order valence-electron chi connectivity index (χ4n) is 4.30. The third-order valence-corrected chi connectivity index (χ3v) is 6.15. The standard InChI is InChI=1S/C23H18ClN7O2/c1-13-5-2-3-8-16(13)30-21(29-15-7-4-6-14(24)18(15)23(30)32)17-9-10-33-31(17)22-19-20(26-11-25-19)27-12-28-22/h2-8,11-12,17H,9-10H2,1H3,(H,25,26,27,28)/t17-/m0/s1. The lowest BCUT2D eigenvalue weighted by Crippen LogP contribution is -2.32. The van der Waals surface area contributed by atoms with Crippen LogP contribution in [-0.4, -0.2) is 36.1 Å². The van der Waals surface area contributed by atoms with Gasteiger partial charge in [-0.2, -0.15) is 0 Å². The Hall–Kier alpha value is -3.82. The van der Waals surface area contributed by atoms with E-state index in [9.17, 15) is 4.79 Å². The second-order valence-corrected chi connectivity index (χ2v) is 8.20. The molecule has 0 saturated carbocycles. The molecule has 3 aromatic heterocycles. The number of fused-ring (bicyclic) bond motifs is 2. The van der Waals surface area contributed by atoms with Crippen LogP contribution in [0.5, 0.6) is 0 Å². The van der Waals surface area contributed by atoms with Gasteiger partial charge in [0.05, 0.1) is 34.5 Å². The van der Waals surface area contributed by atoms with Gasteiger partial charge in [0.2, 0.25) is 0 Å². The van der Waals surface area contributed by atoms with Crippen molar-refractivity contribution in [3.8, 4) is 5.69 Å². The van der Waals surface area contributed by atoms with Crippen molar-refractivity contribution in [2.75, 3.05) is 11.7 Å². The van der Waals surface area contributed by atoms with Gasteiger partial charge in [-0.25, -0.2) is 25.0 Å². The second-order valence-electron chi connectivity index (χ2n) is 7.79. The van der Waals surface area contributed by atoms with Gasteiger partial charge in [0.25, 0.3) is 5.56 Å². The average Bonchev–Trinajstić information content (AvgIpc) is 3.49. The molecule has 9 nitrogen and oxygen atoms in total. The molecule has 5 aromatic rings. The number of hydrogen-bond donors (Lipinski definition) is 1. The van der Waals surface area contributed by atoms with E-state index in [4.69, 9.17) is 21.4 Å². The number of nitrogens with one attached hydrogen (secondary N) is 1. The predicted octanol–water partition coefficient (Wildman–Crippen LogP) is 3.90. The van der Waals surface area contributed by atoms with E-state index < -0.39 is 0 Å². The summed E-state index contributed by atoms with van der Waals surface area (Å²) in [4.78, 5) is 40.7. The second kappa shape index (κ2) is 7.65. The molecule has 6 rings (SSSR count). The number of anilines is 1. The van der Waals surface area contributed by atoms with E-state index in [1.54, 1.807) is 34.2 Å². The first-order valence-electron chi connectivity index (χ1n) is 10.5. The number of imidazole rings is 1. The molecule has 1 atom stereocenters. The van der Waals surface area contributed by atoms with Crippen LogP contribution in [-0.2, 0) is 4.84 Å². The molecule has 0 aliphatic carbocycles. The molecule has 1 aliphatic rings. The SMILES string of the molecule is Cc1ccccc1-n1c([C@@H]2CCON2c2ncnc3[nH]cnc23)nc2cccc(Cl)c2c1=O. The van der Waals surface area contributed by atoms with Crippen LogP contribution in [0.2, 0.25) is 5.02 Å². The topological polar surface area (TPSA) is 102 Å². The maximum Gasteiger partial charge on any atom is 0.267 e. The van der Waals surface area contributed by atoms with E-state index in [1.165, 1.54) is 6.33 Å². The van der Waals surface area contributed by atoms with Gasteiger partial charge in [0, 0.05) is 6.42 Å². The van der Waals surface area contributed by atoms with E-state index in [2.05, 4.69) is 19.9 Å². The largest absolute Gasteiger partial charge is 0.329 e. The molecule has 0 bridgehead atoms. The number of aromatic amines is 1. The van der Waals surface area contributed by atoms with Crippen molar-refractivity contribution >= 4 is 39.5 Å². The zero-order chi connectivity index (χ0) is 22.5. The van der Waals surface area contributed by atoms with Gasteiger partial charge in [0.1, 0.15) is 18.2 Å². The molecule has 164 valence electrons. The van der Waals surface area contributed by atoms with Gasteiger partial charge in [-0.3, -0.25) is 14.2 Å². The zero-order valence-corrected chi connectivity index (χ0v) is 18.3.